The van der Waals surface area contributed by atoms with Crippen molar-refractivity contribution in [2.45, 2.75) is 13.3 Å². The molecule has 0 saturated heterocycles. The molecule has 0 atom stereocenters. The zero-order chi connectivity index (χ0) is 13.1. The summed E-state index contributed by atoms with van der Waals surface area (Å²) >= 11 is 9.64. The van der Waals surface area contributed by atoms with E-state index >= 15 is 0 Å². The summed E-state index contributed by atoms with van der Waals surface area (Å²) in [5, 5.41) is 3.69. The Kier molecular flexibility index (Phi) is 4.19. The minimum absolute atomic E-state index is 0.644. The Hall–Kier alpha value is -1.13. The van der Waals surface area contributed by atoms with Gasteiger partial charge in [-0.2, -0.15) is 0 Å². The van der Waals surface area contributed by atoms with E-state index in [1.165, 1.54) is 0 Å². The minimum Gasteiger partial charge on any atom is -0.373 e. The van der Waals surface area contributed by atoms with E-state index in [-0.39, 0.29) is 0 Å². The summed E-state index contributed by atoms with van der Waals surface area (Å²) in [7, 11) is 1.84. The van der Waals surface area contributed by atoms with Crippen LogP contribution in [-0.4, -0.2) is 17.0 Å². The average molecular weight is 327 g/mol. The van der Waals surface area contributed by atoms with Gasteiger partial charge in [0.25, 0.3) is 0 Å². The monoisotopic (exact) mass is 325 g/mol. The van der Waals surface area contributed by atoms with Crippen molar-refractivity contribution < 1.29 is 0 Å². The average Bonchev–Trinajstić information content (AvgIpc) is 2.40. The predicted molar refractivity (Wildman–Crippen MR) is 79.1 cm³/mol. The largest absolute Gasteiger partial charge is 0.373 e. The number of benzene rings is 1. The van der Waals surface area contributed by atoms with Gasteiger partial charge in [-0.25, -0.2) is 9.97 Å². The molecule has 1 aromatic heterocycles. The Balaban J connectivity index is 2.58. The second-order valence-corrected chi connectivity index (χ2v) is 5.12. The molecule has 3 nitrogen and oxygen atoms in total. The Bertz CT molecular complexity index is 550. The van der Waals surface area contributed by atoms with Gasteiger partial charge < -0.3 is 5.32 Å². The van der Waals surface area contributed by atoms with Crippen molar-refractivity contribution in [3.8, 4) is 11.4 Å². The number of halogens is 2. The van der Waals surface area contributed by atoms with Crippen LogP contribution in [0, 0.1) is 0 Å². The van der Waals surface area contributed by atoms with Crippen LogP contribution in [-0.2, 0) is 6.42 Å². The summed E-state index contributed by atoms with van der Waals surface area (Å²) < 4.78 is 0.957. The van der Waals surface area contributed by atoms with Crippen molar-refractivity contribution in [2.24, 2.45) is 0 Å². The molecule has 0 aliphatic carbocycles. The molecule has 0 amide bonds. The highest BCUT2D eigenvalue weighted by molar-refractivity contribution is 9.10. The molecule has 2 aromatic rings. The van der Waals surface area contributed by atoms with Crippen molar-refractivity contribution in [3.05, 3.63) is 39.5 Å². The quantitative estimate of drug-likeness (QED) is 0.920. The molecular formula is C13H13BrClN3. The second-order valence-electron chi connectivity index (χ2n) is 3.80. The Morgan fingerprint density at radius 2 is 2.06 bits per heavy atom. The molecule has 18 heavy (non-hydrogen) atoms. The van der Waals surface area contributed by atoms with Gasteiger partial charge in [-0.1, -0.05) is 34.5 Å². The first-order chi connectivity index (χ1) is 8.63. The van der Waals surface area contributed by atoms with E-state index in [0.29, 0.717) is 10.8 Å². The highest BCUT2D eigenvalue weighted by atomic mass is 79.9. The fourth-order valence-corrected chi connectivity index (χ4v) is 2.16. The summed E-state index contributed by atoms with van der Waals surface area (Å²) in [5.74, 6) is 1.44. The van der Waals surface area contributed by atoms with Gasteiger partial charge in [0.1, 0.15) is 5.82 Å². The topological polar surface area (TPSA) is 37.8 Å². The van der Waals surface area contributed by atoms with E-state index in [9.17, 15) is 0 Å². The molecule has 0 bridgehead atoms. The molecule has 5 heteroatoms. The smallest absolute Gasteiger partial charge is 0.163 e. The maximum atomic E-state index is 6.20. The van der Waals surface area contributed by atoms with Gasteiger partial charge in [-0.3, -0.25) is 0 Å². The summed E-state index contributed by atoms with van der Waals surface area (Å²) in [4.78, 5) is 8.96. The maximum Gasteiger partial charge on any atom is 0.163 e. The van der Waals surface area contributed by atoms with E-state index < -0.39 is 0 Å². The number of aromatic nitrogens is 2. The van der Waals surface area contributed by atoms with Crippen molar-refractivity contribution >= 4 is 33.3 Å². The SMILES string of the molecule is CCc1cc(NC)nc(-c2cc(Br)ccc2Cl)n1. The number of hydrogen-bond donors (Lipinski definition) is 1. The lowest BCUT2D eigenvalue weighted by atomic mass is 10.2. The highest BCUT2D eigenvalue weighted by Crippen LogP contribution is 2.29. The first-order valence-corrected chi connectivity index (χ1v) is 6.82. The summed E-state index contributed by atoms with van der Waals surface area (Å²) in [6.45, 7) is 2.06. The molecule has 1 heterocycles. The molecule has 0 unspecified atom stereocenters. The Morgan fingerprint density at radius 1 is 1.28 bits per heavy atom. The lowest BCUT2D eigenvalue weighted by Gasteiger charge is -2.08. The molecule has 2 rings (SSSR count). The normalized spacial score (nSPS) is 10.4. The highest BCUT2D eigenvalue weighted by Gasteiger charge is 2.09. The fraction of sp³-hybridized carbons (Fsp3) is 0.231. The van der Waals surface area contributed by atoms with Crippen LogP contribution in [0.25, 0.3) is 11.4 Å². The van der Waals surface area contributed by atoms with Crippen LogP contribution < -0.4 is 5.32 Å². The van der Waals surface area contributed by atoms with Gasteiger partial charge in [0.05, 0.1) is 5.02 Å². The molecule has 0 spiro atoms. The molecular weight excluding hydrogens is 314 g/mol. The standard InChI is InChI=1S/C13H13BrClN3/c1-3-9-7-12(16-2)18-13(17-9)10-6-8(14)4-5-11(10)15/h4-7H,3H2,1-2H3,(H,16,17,18). The minimum atomic E-state index is 0.644. The molecule has 0 radical (unpaired) electrons. The molecule has 0 fully saturated rings. The zero-order valence-electron chi connectivity index (χ0n) is 10.2. The van der Waals surface area contributed by atoms with E-state index in [1.807, 2.05) is 31.3 Å². The van der Waals surface area contributed by atoms with Crippen molar-refractivity contribution in [1.29, 1.82) is 0 Å². The number of aryl methyl sites for hydroxylation is 1. The van der Waals surface area contributed by atoms with Gasteiger partial charge in [0.15, 0.2) is 5.82 Å². The first kappa shape index (κ1) is 13.3. The van der Waals surface area contributed by atoms with Gasteiger partial charge in [0.2, 0.25) is 0 Å². The van der Waals surface area contributed by atoms with Crippen LogP contribution in [0.2, 0.25) is 5.02 Å². The first-order valence-electron chi connectivity index (χ1n) is 5.65. The Morgan fingerprint density at radius 3 is 2.72 bits per heavy atom. The molecule has 94 valence electrons. The predicted octanol–water partition coefficient (Wildman–Crippen LogP) is 4.16. The Labute approximate surface area is 120 Å². The van der Waals surface area contributed by atoms with E-state index in [1.54, 1.807) is 0 Å². The molecule has 1 aromatic carbocycles. The summed E-state index contributed by atoms with van der Waals surface area (Å²) in [5.41, 5.74) is 1.82. The molecule has 1 N–H and O–H groups in total. The van der Waals surface area contributed by atoms with Crippen LogP contribution >= 0.6 is 27.5 Å². The third-order valence-electron chi connectivity index (χ3n) is 2.57. The van der Waals surface area contributed by atoms with E-state index in [4.69, 9.17) is 11.6 Å². The van der Waals surface area contributed by atoms with Crippen LogP contribution in [0.15, 0.2) is 28.7 Å². The zero-order valence-corrected chi connectivity index (χ0v) is 12.5. The summed E-state index contributed by atoms with van der Waals surface area (Å²) in [6.07, 6.45) is 0.857. The number of hydrogen-bond acceptors (Lipinski definition) is 3. The molecule has 0 aliphatic heterocycles. The van der Waals surface area contributed by atoms with Crippen LogP contribution in [0.4, 0.5) is 5.82 Å². The van der Waals surface area contributed by atoms with Gasteiger partial charge in [-0.05, 0) is 24.6 Å². The maximum absolute atomic E-state index is 6.20. The van der Waals surface area contributed by atoms with Crippen molar-refractivity contribution in [3.63, 3.8) is 0 Å². The third kappa shape index (κ3) is 2.82. The number of nitrogens with zero attached hydrogens (tertiary/aromatic N) is 2. The van der Waals surface area contributed by atoms with E-state index in [2.05, 4.69) is 38.1 Å². The van der Waals surface area contributed by atoms with Gasteiger partial charge in [0, 0.05) is 28.8 Å². The second kappa shape index (κ2) is 5.67. The van der Waals surface area contributed by atoms with Gasteiger partial charge in [-0.15, -0.1) is 0 Å². The van der Waals surface area contributed by atoms with Crippen molar-refractivity contribution in [2.75, 3.05) is 12.4 Å². The van der Waals surface area contributed by atoms with Gasteiger partial charge >= 0.3 is 0 Å². The lowest BCUT2D eigenvalue weighted by molar-refractivity contribution is 1.01. The molecule has 0 aliphatic rings. The number of anilines is 1. The summed E-state index contributed by atoms with van der Waals surface area (Å²) in [6, 6.07) is 7.60. The van der Waals surface area contributed by atoms with E-state index in [0.717, 1.165) is 28.0 Å². The fourth-order valence-electron chi connectivity index (χ4n) is 1.60. The van der Waals surface area contributed by atoms with Crippen LogP contribution in [0.5, 0.6) is 0 Å². The number of rotatable bonds is 3. The third-order valence-corrected chi connectivity index (χ3v) is 3.39. The van der Waals surface area contributed by atoms with Crippen molar-refractivity contribution in [1.82, 2.24) is 9.97 Å². The molecule has 0 saturated carbocycles. The van der Waals surface area contributed by atoms with Crippen LogP contribution in [0.3, 0.4) is 0 Å². The van der Waals surface area contributed by atoms with Crippen LogP contribution in [0.1, 0.15) is 12.6 Å². The lowest BCUT2D eigenvalue weighted by Crippen LogP contribution is -2.00. The number of nitrogens with one attached hydrogen (secondary N) is 1.